The van der Waals surface area contributed by atoms with Gasteiger partial charge in [0.2, 0.25) is 0 Å². The Morgan fingerprint density at radius 1 is 0.368 bits per heavy atom. The lowest BCUT2D eigenvalue weighted by Crippen LogP contribution is -3.00. The van der Waals surface area contributed by atoms with Gasteiger partial charge in [-0.05, 0) is 49.2 Å². The van der Waals surface area contributed by atoms with Crippen molar-refractivity contribution < 1.29 is 17.0 Å². The summed E-state index contributed by atoms with van der Waals surface area (Å²) in [7, 11) is 0. The van der Waals surface area contributed by atoms with Gasteiger partial charge in [0, 0.05) is 0 Å². The summed E-state index contributed by atoms with van der Waals surface area (Å²) < 4.78 is 0.793. The van der Waals surface area contributed by atoms with E-state index in [9.17, 15) is 0 Å². The van der Waals surface area contributed by atoms with Crippen molar-refractivity contribution in [3.8, 4) is 0 Å². The minimum Gasteiger partial charge on any atom is -1.00 e. The zero-order valence-electron chi connectivity index (χ0n) is 24.0. The lowest BCUT2D eigenvalue weighted by Gasteiger charge is -2.37. The maximum absolute atomic E-state index is 2.30. The van der Waals surface area contributed by atoms with E-state index in [1.54, 1.807) is 0 Å². The molecule has 1 nitrogen and oxygen atoms in total. The van der Waals surface area contributed by atoms with Crippen molar-refractivity contribution in [3.05, 3.63) is 91.0 Å². The van der Waals surface area contributed by atoms with E-state index >= 15 is 0 Å². The quantitative estimate of drug-likeness (QED) is 0.0928. The molecule has 2 heteroatoms. The molecule has 208 valence electrons. The Labute approximate surface area is 245 Å². The van der Waals surface area contributed by atoms with Gasteiger partial charge in [-0.25, -0.2) is 4.48 Å². The van der Waals surface area contributed by atoms with E-state index in [-0.39, 0.29) is 17.0 Å². The average molecular weight is 579 g/mol. The van der Waals surface area contributed by atoms with Gasteiger partial charge in [0.1, 0.15) is 17.1 Å². The highest BCUT2D eigenvalue weighted by molar-refractivity contribution is 5.70. The van der Waals surface area contributed by atoms with Gasteiger partial charge in [0.25, 0.3) is 0 Å². The molecule has 0 saturated carbocycles. The molecule has 0 fully saturated rings. The van der Waals surface area contributed by atoms with Gasteiger partial charge in [-0.1, -0.05) is 151 Å². The molecular weight excluding hydrogens is 526 g/mol. The number of halogens is 1. The molecule has 0 bridgehead atoms. The highest BCUT2D eigenvalue weighted by atomic mass is 79.9. The number of nitrogens with zero attached hydrogens (tertiary/aromatic N) is 1. The van der Waals surface area contributed by atoms with Gasteiger partial charge >= 0.3 is 0 Å². The first-order chi connectivity index (χ1) is 18.4. The van der Waals surface area contributed by atoms with E-state index < -0.39 is 0 Å². The zero-order valence-corrected chi connectivity index (χ0v) is 25.6. The van der Waals surface area contributed by atoms with Gasteiger partial charge in [-0.15, -0.1) is 0 Å². The minimum atomic E-state index is 0. The van der Waals surface area contributed by atoms with Gasteiger partial charge in [0.15, 0.2) is 0 Å². The molecule has 0 unspecified atom stereocenters. The fourth-order valence-corrected chi connectivity index (χ4v) is 5.78. The highest BCUT2D eigenvalue weighted by Crippen LogP contribution is 2.43. The van der Waals surface area contributed by atoms with Crippen molar-refractivity contribution in [2.75, 3.05) is 6.54 Å². The Hall–Kier alpha value is -1.90. The predicted octanol–water partition coefficient (Wildman–Crippen LogP) is 8.92. The van der Waals surface area contributed by atoms with Crippen LogP contribution in [0.4, 0.5) is 17.1 Å². The molecule has 0 spiro atoms. The van der Waals surface area contributed by atoms with Crippen LogP contribution in [0.1, 0.15) is 110 Å². The first kappa shape index (κ1) is 32.3. The van der Waals surface area contributed by atoms with Crippen LogP contribution >= 0.6 is 0 Å². The molecule has 0 aliphatic carbocycles. The summed E-state index contributed by atoms with van der Waals surface area (Å²) in [6, 6.07) is 33.3. The number of quaternary nitrogens is 1. The van der Waals surface area contributed by atoms with E-state index in [0.717, 1.165) is 11.0 Å². The number of rotatable bonds is 20. The van der Waals surface area contributed by atoms with Crippen LogP contribution in [-0.4, -0.2) is 6.54 Å². The standard InChI is InChI=1S/C36H52N.BrH/c1-2-3-4-5-6-7-8-9-10-11-12-13-14-15-16-26-33-37(34-27-20-17-21-28-34,35-29-22-18-23-30-35)36-31-24-19-25-32-36;/h17-25,27-32H,2-16,26,33H2,1H3;1H/q+1;/p-1. The summed E-state index contributed by atoms with van der Waals surface area (Å²) in [5.74, 6) is 0. The third-order valence-corrected chi connectivity index (χ3v) is 7.94. The second-order valence-electron chi connectivity index (χ2n) is 10.8. The third-order valence-electron chi connectivity index (χ3n) is 7.94. The Morgan fingerprint density at radius 3 is 0.921 bits per heavy atom. The predicted molar refractivity (Wildman–Crippen MR) is 165 cm³/mol. The van der Waals surface area contributed by atoms with Gasteiger partial charge in [-0.3, -0.25) is 0 Å². The molecule has 0 atom stereocenters. The summed E-state index contributed by atoms with van der Waals surface area (Å²) >= 11 is 0. The first-order valence-electron chi connectivity index (χ1n) is 15.4. The molecule has 0 aromatic heterocycles. The van der Waals surface area contributed by atoms with E-state index in [1.165, 1.54) is 120 Å². The third kappa shape index (κ3) is 10.7. The number of para-hydroxylation sites is 3. The molecule has 3 aromatic rings. The van der Waals surface area contributed by atoms with E-state index in [4.69, 9.17) is 0 Å². The van der Waals surface area contributed by atoms with Crippen LogP contribution in [0, 0.1) is 0 Å². The second kappa shape index (κ2) is 20.1. The SMILES string of the molecule is CCCCCCCCCCCCCCCCCC[N+](c1ccccc1)(c1ccccc1)c1ccccc1.[Br-]. The molecule has 0 heterocycles. The molecule has 38 heavy (non-hydrogen) atoms. The second-order valence-corrected chi connectivity index (χ2v) is 10.8. The smallest absolute Gasteiger partial charge is 0.143 e. The van der Waals surface area contributed by atoms with Crippen molar-refractivity contribution in [2.24, 2.45) is 0 Å². The van der Waals surface area contributed by atoms with Crippen molar-refractivity contribution in [3.63, 3.8) is 0 Å². The summed E-state index contributed by atoms with van der Waals surface area (Å²) in [6.45, 7) is 3.39. The first-order valence-corrected chi connectivity index (χ1v) is 15.4. The summed E-state index contributed by atoms with van der Waals surface area (Å²) in [5.41, 5.74) is 4.04. The molecule has 3 aromatic carbocycles. The monoisotopic (exact) mass is 577 g/mol. The number of hydrogen-bond donors (Lipinski definition) is 0. The average Bonchev–Trinajstić information content (AvgIpc) is 2.96. The molecule has 0 saturated heterocycles. The Morgan fingerprint density at radius 2 is 0.632 bits per heavy atom. The van der Waals surface area contributed by atoms with Crippen LogP contribution < -0.4 is 21.5 Å². The molecular formula is C36H52BrN. The molecule has 0 N–H and O–H groups in total. The molecule has 3 rings (SSSR count). The van der Waals surface area contributed by atoms with Crippen LogP contribution in [0.5, 0.6) is 0 Å². The van der Waals surface area contributed by atoms with E-state index in [2.05, 4.69) is 97.9 Å². The summed E-state index contributed by atoms with van der Waals surface area (Å²) in [6.07, 6.45) is 22.5. The maximum atomic E-state index is 2.30. The van der Waals surface area contributed by atoms with Gasteiger partial charge in [0.05, 0.1) is 6.54 Å². The van der Waals surface area contributed by atoms with Crippen molar-refractivity contribution in [2.45, 2.75) is 110 Å². The lowest BCUT2D eigenvalue weighted by atomic mass is 10.0. The number of hydrogen-bond acceptors (Lipinski definition) is 0. The largest absolute Gasteiger partial charge is 1.00 e. The molecule has 0 amide bonds. The summed E-state index contributed by atoms with van der Waals surface area (Å²) in [5, 5.41) is 0. The van der Waals surface area contributed by atoms with Crippen molar-refractivity contribution >= 4 is 17.1 Å². The van der Waals surface area contributed by atoms with E-state index in [0.29, 0.717) is 0 Å². The summed E-state index contributed by atoms with van der Waals surface area (Å²) in [4.78, 5) is 0. The maximum Gasteiger partial charge on any atom is 0.143 e. The fourth-order valence-electron chi connectivity index (χ4n) is 5.78. The Bertz CT molecular complexity index is 829. The van der Waals surface area contributed by atoms with Crippen LogP contribution in [0.3, 0.4) is 0 Å². The van der Waals surface area contributed by atoms with Crippen LogP contribution in [0.15, 0.2) is 91.0 Å². The Kier molecular flexibility index (Phi) is 17.1. The van der Waals surface area contributed by atoms with E-state index in [1.807, 2.05) is 0 Å². The molecule has 0 aliphatic rings. The normalized spacial score (nSPS) is 11.3. The van der Waals surface area contributed by atoms with Crippen molar-refractivity contribution in [1.82, 2.24) is 4.48 Å². The van der Waals surface area contributed by atoms with Crippen molar-refractivity contribution in [1.29, 1.82) is 0 Å². The van der Waals surface area contributed by atoms with Crippen LogP contribution in [0.2, 0.25) is 0 Å². The fraction of sp³-hybridized carbons (Fsp3) is 0.500. The van der Waals surface area contributed by atoms with Crippen LogP contribution in [-0.2, 0) is 0 Å². The zero-order chi connectivity index (χ0) is 25.9. The minimum absolute atomic E-state index is 0. The van der Waals surface area contributed by atoms with Gasteiger partial charge in [-0.2, -0.15) is 0 Å². The highest BCUT2D eigenvalue weighted by Gasteiger charge is 2.35. The topological polar surface area (TPSA) is 0 Å². The van der Waals surface area contributed by atoms with Gasteiger partial charge < -0.3 is 17.0 Å². The molecule has 0 radical (unpaired) electrons. The number of benzene rings is 3. The number of unbranched alkanes of at least 4 members (excludes halogenated alkanes) is 15. The Balaban J connectivity index is 0.00000507. The molecule has 0 aliphatic heterocycles. The van der Waals surface area contributed by atoms with Crippen LogP contribution in [0.25, 0.3) is 0 Å². The lowest BCUT2D eigenvalue weighted by molar-refractivity contribution is -0.00000767.